The van der Waals surface area contributed by atoms with Gasteiger partial charge in [-0.15, -0.1) is 11.6 Å². The molecule has 20 heavy (non-hydrogen) atoms. The average molecular weight is 316 g/mol. The van der Waals surface area contributed by atoms with E-state index in [0.717, 1.165) is 18.4 Å². The van der Waals surface area contributed by atoms with E-state index in [4.69, 9.17) is 11.6 Å². The lowest BCUT2D eigenvalue weighted by Gasteiger charge is -2.21. The summed E-state index contributed by atoms with van der Waals surface area (Å²) in [6, 6.07) is 7.31. The highest BCUT2D eigenvalue weighted by atomic mass is 35.5. The van der Waals surface area contributed by atoms with Crippen LogP contribution in [0.25, 0.3) is 0 Å². The molecule has 1 aliphatic rings. The monoisotopic (exact) mass is 315 g/mol. The second-order valence-electron chi connectivity index (χ2n) is 4.98. The maximum absolute atomic E-state index is 12.1. The minimum Gasteiger partial charge on any atom is -0.325 e. The molecule has 1 atom stereocenters. The summed E-state index contributed by atoms with van der Waals surface area (Å²) < 4.78 is 23.8. The molecular formula is C14H18ClNO3S. The largest absolute Gasteiger partial charge is 0.325 e. The predicted molar refractivity (Wildman–Crippen MR) is 80.9 cm³/mol. The third-order valence-corrected chi connectivity index (χ3v) is 5.84. The third-order valence-electron chi connectivity index (χ3n) is 3.48. The highest BCUT2D eigenvalue weighted by Crippen LogP contribution is 2.21. The molecule has 6 heteroatoms. The molecule has 4 nitrogen and oxygen atoms in total. The van der Waals surface area contributed by atoms with Crippen molar-refractivity contribution in [2.75, 3.05) is 16.9 Å². The number of amides is 1. The first-order chi connectivity index (χ1) is 9.53. The number of sulfone groups is 1. The molecule has 1 aromatic rings. The van der Waals surface area contributed by atoms with Crippen molar-refractivity contribution >= 4 is 33.0 Å². The van der Waals surface area contributed by atoms with Crippen LogP contribution in [0.15, 0.2) is 24.3 Å². The molecule has 1 N–H and O–H groups in total. The van der Waals surface area contributed by atoms with Crippen LogP contribution in [0, 0.1) is 0 Å². The second kappa shape index (κ2) is 6.59. The Kier molecular flexibility index (Phi) is 5.05. The number of benzene rings is 1. The lowest BCUT2D eigenvalue weighted by molar-refractivity contribution is -0.116. The zero-order valence-electron chi connectivity index (χ0n) is 11.1. The molecule has 110 valence electrons. The van der Waals surface area contributed by atoms with Gasteiger partial charge in [-0.2, -0.15) is 0 Å². The molecule has 0 aromatic heterocycles. The van der Waals surface area contributed by atoms with Crippen LogP contribution in [0.4, 0.5) is 5.69 Å². The van der Waals surface area contributed by atoms with Crippen molar-refractivity contribution < 1.29 is 13.2 Å². The molecule has 0 radical (unpaired) electrons. The lowest BCUT2D eigenvalue weighted by atomic mass is 10.1. The van der Waals surface area contributed by atoms with Crippen LogP contribution >= 0.6 is 11.6 Å². The molecule has 1 saturated heterocycles. The zero-order valence-corrected chi connectivity index (χ0v) is 12.7. The number of hydrogen-bond donors (Lipinski definition) is 1. The average Bonchev–Trinajstić information content (AvgIpc) is 2.40. The van der Waals surface area contributed by atoms with Gasteiger partial charge in [0, 0.05) is 11.6 Å². The van der Waals surface area contributed by atoms with Gasteiger partial charge in [-0.05, 0) is 37.0 Å². The van der Waals surface area contributed by atoms with Crippen LogP contribution in [0.5, 0.6) is 0 Å². The van der Waals surface area contributed by atoms with E-state index in [1.54, 1.807) is 12.1 Å². The minimum absolute atomic E-state index is 0.111. The van der Waals surface area contributed by atoms with Crippen LogP contribution in [-0.2, 0) is 21.1 Å². The van der Waals surface area contributed by atoms with E-state index in [9.17, 15) is 13.2 Å². The summed E-state index contributed by atoms with van der Waals surface area (Å²) in [6.07, 6.45) is 2.62. The van der Waals surface area contributed by atoms with Gasteiger partial charge < -0.3 is 5.32 Å². The molecule has 0 bridgehead atoms. The zero-order chi connectivity index (χ0) is 14.6. The van der Waals surface area contributed by atoms with Gasteiger partial charge in [0.1, 0.15) is 5.25 Å². The van der Waals surface area contributed by atoms with Crippen LogP contribution in [0.2, 0.25) is 0 Å². The summed E-state index contributed by atoms with van der Waals surface area (Å²) in [5, 5.41) is 1.78. The topological polar surface area (TPSA) is 63.2 Å². The fourth-order valence-corrected chi connectivity index (χ4v) is 4.36. The fourth-order valence-electron chi connectivity index (χ4n) is 2.34. The molecule has 0 aliphatic carbocycles. The van der Waals surface area contributed by atoms with Gasteiger partial charge in [-0.25, -0.2) is 8.42 Å². The van der Waals surface area contributed by atoms with Crippen molar-refractivity contribution in [3.8, 4) is 0 Å². The van der Waals surface area contributed by atoms with E-state index in [2.05, 4.69) is 5.32 Å². The van der Waals surface area contributed by atoms with Crippen LogP contribution in [0.3, 0.4) is 0 Å². The Bertz CT molecular complexity index is 569. The van der Waals surface area contributed by atoms with Gasteiger partial charge in [0.2, 0.25) is 5.91 Å². The number of alkyl halides is 1. The number of aryl methyl sites for hydroxylation is 1. The Morgan fingerprint density at radius 3 is 2.55 bits per heavy atom. The van der Waals surface area contributed by atoms with Crippen molar-refractivity contribution in [2.24, 2.45) is 0 Å². The number of carbonyl (C=O) groups is 1. The highest BCUT2D eigenvalue weighted by molar-refractivity contribution is 7.92. The Hall–Kier alpha value is -1.07. The summed E-state index contributed by atoms with van der Waals surface area (Å²) in [5.41, 5.74) is 1.71. The molecular weight excluding hydrogens is 298 g/mol. The van der Waals surface area contributed by atoms with Gasteiger partial charge in [0.05, 0.1) is 5.75 Å². The molecule has 0 spiro atoms. The van der Waals surface area contributed by atoms with Crippen molar-refractivity contribution in [1.82, 2.24) is 0 Å². The lowest BCUT2D eigenvalue weighted by Crippen LogP contribution is -2.39. The highest BCUT2D eigenvalue weighted by Gasteiger charge is 2.34. The normalized spacial score (nSPS) is 21.4. The van der Waals surface area contributed by atoms with Crippen LogP contribution in [-0.4, -0.2) is 31.2 Å². The summed E-state index contributed by atoms with van der Waals surface area (Å²) >= 11 is 5.66. The van der Waals surface area contributed by atoms with Crippen LogP contribution < -0.4 is 5.32 Å². The second-order valence-corrected chi connectivity index (χ2v) is 7.66. The Labute approximate surface area is 124 Å². The van der Waals surface area contributed by atoms with E-state index in [-0.39, 0.29) is 5.75 Å². The maximum Gasteiger partial charge on any atom is 0.242 e. The van der Waals surface area contributed by atoms with Crippen molar-refractivity contribution in [1.29, 1.82) is 0 Å². The van der Waals surface area contributed by atoms with Gasteiger partial charge in [-0.1, -0.05) is 18.6 Å². The summed E-state index contributed by atoms with van der Waals surface area (Å²) in [4.78, 5) is 12.1. The van der Waals surface area contributed by atoms with Crippen molar-refractivity contribution in [3.63, 3.8) is 0 Å². The van der Waals surface area contributed by atoms with Crippen molar-refractivity contribution in [3.05, 3.63) is 29.8 Å². The maximum atomic E-state index is 12.1. The minimum atomic E-state index is -3.29. The smallest absolute Gasteiger partial charge is 0.242 e. The quantitative estimate of drug-likeness (QED) is 0.868. The summed E-state index contributed by atoms with van der Waals surface area (Å²) in [7, 11) is -3.29. The molecule has 0 saturated carbocycles. The van der Waals surface area contributed by atoms with Gasteiger partial charge in [0.25, 0.3) is 0 Å². The Balaban J connectivity index is 2.03. The van der Waals surface area contributed by atoms with Crippen LogP contribution in [0.1, 0.15) is 24.8 Å². The van der Waals surface area contributed by atoms with E-state index in [1.807, 2.05) is 12.1 Å². The van der Waals surface area contributed by atoms with Gasteiger partial charge >= 0.3 is 0 Å². The van der Waals surface area contributed by atoms with E-state index < -0.39 is 21.0 Å². The first-order valence-corrected chi connectivity index (χ1v) is 8.95. The summed E-state index contributed by atoms with van der Waals surface area (Å²) in [6.45, 7) is 0. The fraction of sp³-hybridized carbons (Fsp3) is 0.500. The Morgan fingerprint density at radius 1 is 1.25 bits per heavy atom. The predicted octanol–water partition coefficient (Wildman–Crippen LogP) is 2.37. The molecule has 2 rings (SSSR count). The molecule has 1 aliphatic heterocycles. The van der Waals surface area contributed by atoms with E-state index in [0.29, 0.717) is 24.4 Å². The Morgan fingerprint density at radius 2 is 1.95 bits per heavy atom. The first kappa shape index (κ1) is 15.3. The number of anilines is 1. The standard InChI is InChI=1S/C14H18ClNO3S/c15-9-8-11-4-6-12(7-5-11)16-14(17)13-3-1-2-10-20(13,18)19/h4-7,13H,1-3,8-10H2,(H,16,17). The summed E-state index contributed by atoms with van der Waals surface area (Å²) in [5.74, 6) is 0.237. The van der Waals surface area contributed by atoms with Gasteiger partial charge in [-0.3, -0.25) is 4.79 Å². The number of hydrogen-bond acceptors (Lipinski definition) is 3. The first-order valence-electron chi connectivity index (χ1n) is 6.70. The number of nitrogens with one attached hydrogen (secondary N) is 1. The van der Waals surface area contributed by atoms with E-state index in [1.165, 1.54) is 0 Å². The SMILES string of the molecule is O=C(Nc1ccc(CCCl)cc1)C1CCCCS1(=O)=O. The van der Waals surface area contributed by atoms with Gasteiger partial charge in [0.15, 0.2) is 9.84 Å². The third kappa shape index (κ3) is 3.73. The number of rotatable bonds is 4. The molecule has 1 amide bonds. The molecule has 1 heterocycles. The molecule has 1 fully saturated rings. The molecule has 1 aromatic carbocycles. The van der Waals surface area contributed by atoms with Crippen molar-refractivity contribution in [2.45, 2.75) is 30.9 Å². The van der Waals surface area contributed by atoms with E-state index >= 15 is 0 Å². The number of halogens is 1. The number of carbonyl (C=O) groups excluding carboxylic acids is 1. The molecule has 1 unspecified atom stereocenters.